The van der Waals surface area contributed by atoms with Crippen molar-refractivity contribution in [1.82, 2.24) is 16.0 Å². The van der Waals surface area contributed by atoms with Gasteiger partial charge in [0.15, 0.2) is 0 Å². The molecule has 0 bridgehead atoms. The number of amides is 3. The molecule has 11 nitrogen and oxygen atoms in total. The minimum Gasteiger partial charge on any atom is -0.453 e. The standard InChI is InChI=1S/C32H39F5N4O7/c1-45-31(44)41-28(27(20-11-13-46-14-12-20)19-5-7-21(33)8-6-19)29(42)40-26-4-2-3-25(34)24(26)10-9-23-15-38-22(16-47-23)17-48-30(43)39-18-32(35,36)37/h2-8,20,22-23,27-28,38H,9-18H2,1H3,(H,39,43)(H,40,42)(H,41,44)/t22-,23+,27-,28-/m0/s1. The Morgan fingerprint density at radius 1 is 1.04 bits per heavy atom. The fraction of sp³-hybridized carbons (Fsp3) is 0.531. The normalized spacial score (nSPS) is 19.9. The third-order valence-corrected chi connectivity index (χ3v) is 8.24. The van der Waals surface area contributed by atoms with Gasteiger partial charge in [-0.1, -0.05) is 18.2 Å². The van der Waals surface area contributed by atoms with Crippen LogP contribution in [0, 0.1) is 17.6 Å². The van der Waals surface area contributed by atoms with E-state index in [0.29, 0.717) is 44.6 Å². The average Bonchev–Trinajstić information content (AvgIpc) is 3.07. The molecule has 0 saturated carbocycles. The molecule has 16 heteroatoms. The van der Waals surface area contributed by atoms with Crippen molar-refractivity contribution in [3.8, 4) is 0 Å². The lowest BCUT2D eigenvalue weighted by atomic mass is 9.76. The summed E-state index contributed by atoms with van der Waals surface area (Å²) in [7, 11) is 1.17. The van der Waals surface area contributed by atoms with E-state index in [4.69, 9.17) is 18.9 Å². The van der Waals surface area contributed by atoms with E-state index in [1.165, 1.54) is 31.4 Å². The Labute approximate surface area is 274 Å². The number of alkyl halides is 3. The van der Waals surface area contributed by atoms with Crippen molar-refractivity contribution in [1.29, 1.82) is 0 Å². The zero-order chi connectivity index (χ0) is 34.7. The molecule has 2 saturated heterocycles. The average molecular weight is 687 g/mol. The van der Waals surface area contributed by atoms with Crippen LogP contribution in [0.2, 0.25) is 0 Å². The number of hydrogen-bond acceptors (Lipinski definition) is 8. The molecule has 4 N–H and O–H groups in total. The van der Waals surface area contributed by atoms with E-state index in [-0.39, 0.29) is 42.9 Å². The van der Waals surface area contributed by atoms with Crippen molar-refractivity contribution < 1.29 is 55.3 Å². The van der Waals surface area contributed by atoms with Gasteiger partial charge in [-0.05, 0) is 61.4 Å². The number of carbonyl (C=O) groups excluding carboxylic acids is 3. The Morgan fingerprint density at radius 2 is 1.77 bits per heavy atom. The monoisotopic (exact) mass is 686 g/mol. The second-order valence-electron chi connectivity index (χ2n) is 11.6. The third-order valence-electron chi connectivity index (χ3n) is 8.24. The van der Waals surface area contributed by atoms with Gasteiger partial charge in [-0.2, -0.15) is 13.2 Å². The molecule has 4 rings (SSSR count). The van der Waals surface area contributed by atoms with Crippen LogP contribution in [0.3, 0.4) is 0 Å². The van der Waals surface area contributed by atoms with Crippen LogP contribution in [-0.4, -0.2) is 89.1 Å². The largest absolute Gasteiger partial charge is 0.453 e. The summed E-state index contributed by atoms with van der Waals surface area (Å²) in [5.41, 5.74) is 1.04. The third kappa shape index (κ3) is 11.0. The van der Waals surface area contributed by atoms with Gasteiger partial charge in [0.2, 0.25) is 5.91 Å². The minimum absolute atomic E-state index is 0.0932. The first-order valence-electron chi connectivity index (χ1n) is 15.5. The summed E-state index contributed by atoms with van der Waals surface area (Å²) in [6.07, 6.45) is -5.31. The minimum atomic E-state index is -4.56. The van der Waals surface area contributed by atoms with E-state index in [9.17, 15) is 31.9 Å². The van der Waals surface area contributed by atoms with E-state index < -0.39 is 60.5 Å². The maximum Gasteiger partial charge on any atom is 0.407 e. The molecule has 2 aliphatic rings. The topological polar surface area (TPSA) is 136 Å². The van der Waals surface area contributed by atoms with Crippen LogP contribution in [0.4, 0.5) is 37.2 Å². The Morgan fingerprint density at radius 3 is 2.42 bits per heavy atom. The van der Waals surface area contributed by atoms with Gasteiger partial charge in [-0.3, -0.25) is 4.79 Å². The number of hydrogen-bond donors (Lipinski definition) is 4. The van der Waals surface area contributed by atoms with Crippen molar-refractivity contribution in [2.75, 3.05) is 51.9 Å². The molecule has 2 heterocycles. The fourth-order valence-corrected chi connectivity index (χ4v) is 5.81. The Bertz CT molecular complexity index is 1370. The van der Waals surface area contributed by atoms with Crippen LogP contribution in [0.25, 0.3) is 0 Å². The number of halogens is 5. The molecule has 2 aliphatic heterocycles. The molecule has 264 valence electrons. The number of anilines is 1. The summed E-state index contributed by atoms with van der Waals surface area (Å²) >= 11 is 0. The van der Waals surface area contributed by atoms with Gasteiger partial charge in [0.1, 0.15) is 30.8 Å². The smallest absolute Gasteiger partial charge is 0.407 e. The highest BCUT2D eigenvalue weighted by molar-refractivity contribution is 5.98. The Kier molecular flexibility index (Phi) is 13.3. The number of morpholine rings is 1. The van der Waals surface area contributed by atoms with Crippen LogP contribution >= 0.6 is 0 Å². The lowest BCUT2D eigenvalue weighted by Gasteiger charge is -2.35. The van der Waals surface area contributed by atoms with E-state index in [1.54, 1.807) is 23.5 Å². The molecule has 2 aromatic carbocycles. The number of nitrogens with one attached hydrogen (secondary N) is 4. The molecule has 0 aromatic heterocycles. The molecular weight excluding hydrogens is 647 g/mol. The molecule has 2 aromatic rings. The lowest BCUT2D eigenvalue weighted by molar-refractivity contribution is -0.124. The van der Waals surface area contributed by atoms with Gasteiger partial charge in [0.05, 0.1) is 25.9 Å². The van der Waals surface area contributed by atoms with E-state index in [0.717, 1.165) is 0 Å². The maximum absolute atomic E-state index is 15.2. The summed E-state index contributed by atoms with van der Waals surface area (Å²) in [6.45, 7) is -0.431. The first kappa shape index (κ1) is 36.8. The molecule has 0 unspecified atom stereocenters. The number of carbonyl (C=O) groups is 3. The summed E-state index contributed by atoms with van der Waals surface area (Å²) in [5.74, 6) is -2.33. The quantitative estimate of drug-likeness (QED) is 0.241. The SMILES string of the molecule is COC(=O)N[C@H](C(=O)Nc1cccc(F)c1CC[C@@H]1CN[C@H](COC(=O)NCC(F)(F)F)CO1)[C@@H](c1ccc(F)cc1)C1CCOCC1. The van der Waals surface area contributed by atoms with Crippen molar-refractivity contribution in [2.24, 2.45) is 5.92 Å². The predicted molar refractivity (Wildman–Crippen MR) is 162 cm³/mol. The molecule has 2 fully saturated rings. The van der Waals surface area contributed by atoms with Crippen LogP contribution in [-0.2, 0) is 30.2 Å². The Balaban J connectivity index is 1.41. The predicted octanol–water partition coefficient (Wildman–Crippen LogP) is 4.42. The van der Waals surface area contributed by atoms with Crippen LogP contribution in [0.1, 0.15) is 36.3 Å². The highest BCUT2D eigenvalue weighted by Gasteiger charge is 2.38. The number of ether oxygens (including phenoxy) is 4. The summed E-state index contributed by atoms with van der Waals surface area (Å²) in [6, 6.07) is 8.34. The molecule has 0 radical (unpaired) electrons. The van der Waals surface area contributed by atoms with Crippen molar-refractivity contribution in [3.63, 3.8) is 0 Å². The van der Waals surface area contributed by atoms with E-state index in [2.05, 4.69) is 16.0 Å². The molecule has 0 spiro atoms. The summed E-state index contributed by atoms with van der Waals surface area (Å²) < 4.78 is 86.7. The molecule has 4 atom stereocenters. The second-order valence-corrected chi connectivity index (χ2v) is 11.6. The Hall–Kier alpha value is -4.02. The van der Waals surface area contributed by atoms with Gasteiger partial charge < -0.3 is 40.2 Å². The highest BCUT2D eigenvalue weighted by Crippen LogP contribution is 2.36. The number of rotatable bonds is 12. The number of methoxy groups -OCH3 is 1. The molecule has 3 amide bonds. The van der Waals surface area contributed by atoms with Crippen LogP contribution in [0.5, 0.6) is 0 Å². The van der Waals surface area contributed by atoms with Crippen LogP contribution < -0.4 is 21.3 Å². The van der Waals surface area contributed by atoms with Crippen LogP contribution in [0.15, 0.2) is 42.5 Å². The maximum atomic E-state index is 15.2. The number of alkyl carbamates (subject to hydrolysis) is 2. The summed E-state index contributed by atoms with van der Waals surface area (Å²) in [4.78, 5) is 37.9. The van der Waals surface area contributed by atoms with E-state index in [1.807, 2.05) is 0 Å². The lowest BCUT2D eigenvalue weighted by Crippen LogP contribution is -2.50. The fourth-order valence-electron chi connectivity index (χ4n) is 5.81. The van der Waals surface area contributed by atoms with Crippen molar-refractivity contribution in [3.05, 3.63) is 65.2 Å². The number of benzene rings is 2. The highest BCUT2D eigenvalue weighted by atomic mass is 19.4. The zero-order valence-electron chi connectivity index (χ0n) is 26.2. The van der Waals surface area contributed by atoms with Gasteiger partial charge in [-0.15, -0.1) is 0 Å². The first-order chi connectivity index (χ1) is 22.9. The van der Waals surface area contributed by atoms with Gasteiger partial charge in [-0.25, -0.2) is 18.4 Å². The van der Waals surface area contributed by atoms with Gasteiger partial charge in [0, 0.05) is 36.9 Å². The molecular formula is C32H39F5N4O7. The molecule has 48 heavy (non-hydrogen) atoms. The van der Waals surface area contributed by atoms with E-state index >= 15 is 4.39 Å². The summed E-state index contributed by atoms with van der Waals surface area (Å²) in [5, 5.41) is 10.1. The van der Waals surface area contributed by atoms with Gasteiger partial charge >= 0.3 is 18.4 Å². The van der Waals surface area contributed by atoms with Gasteiger partial charge in [0.25, 0.3) is 0 Å². The molecule has 0 aliphatic carbocycles. The van der Waals surface area contributed by atoms with Crippen molar-refractivity contribution in [2.45, 2.75) is 56.0 Å². The first-order valence-corrected chi connectivity index (χ1v) is 15.5. The zero-order valence-corrected chi connectivity index (χ0v) is 26.2. The van der Waals surface area contributed by atoms with Crippen molar-refractivity contribution >= 4 is 23.8 Å². The second kappa shape index (κ2) is 17.4.